The molecule has 1 saturated carbocycles. The first kappa shape index (κ1) is 8.75. The number of aryl methyl sites for hydroxylation is 2. The van der Waals surface area contributed by atoms with Gasteiger partial charge in [-0.1, -0.05) is 0 Å². The van der Waals surface area contributed by atoms with Gasteiger partial charge in [-0.25, -0.2) is 0 Å². The molecular formula is C10H16N2O. The summed E-state index contributed by atoms with van der Waals surface area (Å²) in [6, 6.07) is 2.04. The molecular weight excluding hydrogens is 164 g/mol. The van der Waals surface area contributed by atoms with Crippen LogP contribution in [0.25, 0.3) is 0 Å². The van der Waals surface area contributed by atoms with E-state index < -0.39 is 5.60 Å². The Morgan fingerprint density at radius 2 is 2.23 bits per heavy atom. The molecule has 0 saturated heterocycles. The Hall–Kier alpha value is -0.830. The average molecular weight is 180 g/mol. The van der Waals surface area contributed by atoms with E-state index in [0.717, 1.165) is 30.7 Å². The lowest BCUT2D eigenvalue weighted by molar-refractivity contribution is -0.0502. The van der Waals surface area contributed by atoms with Gasteiger partial charge in [-0.2, -0.15) is 5.10 Å². The molecule has 0 amide bonds. The smallest absolute Gasteiger partial charge is 0.0842 e. The summed E-state index contributed by atoms with van der Waals surface area (Å²) in [5, 5.41) is 14.3. The van der Waals surface area contributed by atoms with Crippen LogP contribution in [-0.2, 0) is 6.54 Å². The van der Waals surface area contributed by atoms with E-state index in [9.17, 15) is 5.11 Å². The van der Waals surface area contributed by atoms with E-state index >= 15 is 0 Å². The van der Waals surface area contributed by atoms with E-state index in [2.05, 4.69) is 5.10 Å². The maximum Gasteiger partial charge on any atom is 0.0842 e. The molecule has 2 rings (SSSR count). The normalized spacial score (nSPS) is 19.9. The molecule has 0 spiro atoms. The first-order valence-corrected chi connectivity index (χ1v) is 4.83. The van der Waals surface area contributed by atoms with Crippen molar-refractivity contribution in [3.63, 3.8) is 0 Å². The lowest BCUT2D eigenvalue weighted by Gasteiger charge is -2.36. The monoisotopic (exact) mass is 180 g/mol. The molecule has 3 nitrogen and oxygen atoms in total. The van der Waals surface area contributed by atoms with Crippen molar-refractivity contribution in [2.45, 2.75) is 45.3 Å². The summed E-state index contributed by atoms with van der Waals surface area (Å²) >= 11 is 0. The van der Waals surface area contributed by atoms with Crippen LogP contribution in [0.4, 0.5) is 0 Å². The Bertz CT molecular complexity index is 313. The topological polar surface area (TPSA) is 38.0 Å². The van der Waals surface area contributed by atoms with E-state index in [1.165, 1.54) is 0 Å². The minimum Gasteiger partial charge on any atom is -0.388 e. The molecule has 1 aromatic rings. The van der Waals surface area contributed by atoms with E-state index in [4.69, 9.17) is 0 Å². The molecule has 72 valence electrons. The predicted molar refractivity (Wildman–Crippen MR) is 50.5 cm³/mol. The Morgan fingerprint density at radius 3 is 2.62 bits per heavy atom. The minimum atomic E-state index is -0.469. The molecule has 1 aromatic heterocycles. The van der Waals surface area contributed by atoms with Gasteiger partial charge in [-0.05, 0) is 39.2 Å². The summed E-state index contributed by atoms with van der Waals surface area (Å²) in [4.78, 5) is 0. The maximum atomic E-state index is 9.94. The highest BCUT2D eigenvalue weighted by Gasteiger charge is 2.35. The quantitative estimate of drug-likeness (QED) is 0.747. The van der Waals surface area contributed by atoms with Crippen molar-refractivity contribution in [3.8, 4) is 0 Å². The molecule has 13 heavy (non-hydrogen) atoms. The Labute approximate surface area is 78.4 Å². The van der Waals surface area contributed by atoms with Crippen molar-refractivity contribution in [1.29, 1.82) is 0 Å². The lowest BCUT2D eigenvalue weighted by atomic mass is 9.80. The largest absolute Gasteiger partial charge is 0.388 e. The van der Waals surface area contributed by atoms with Gasteiger partial charge >= 0.3 is 0 Å². The van der Waals surface area contributed by atoms with Crippen LogP contribution in [0.1, 0.15) is 30.7 Å². The Balaban J connectivity index is 2.12. The molecule has 0 radical (unpaired) electrons. The molecule has 3 heteroatoms. The number of rotatable bonds is 2. The molecule has 1 fully saturated rings. The number of nitrogens with zero attached hydrogens (tertiary/aromatic N) is 2. The highest BCUT2D eigenvalue weighted by atomic mass is 16.3. The van der Waals surface area contributed by atoms with E-state index in [1.54, 1.807) is 0 Å². The molecule has 1 heterocycles. The highest BCUT2D eigenvalue weighted by Crippen LogP contribution is 2.33. The first-order valence-electron chi connectivity index (χ1n) is 4.83. The van der Waals surface area contributed by atoms with Crippen molar-refractivity contribution < 1.29 is 5.11 Å². The van der Waals surface area contributed by atoms with Crippen LogP contribution in [0.5, 0.6) is 0 Å². The first-order chi connectivity index (χ1) is 6.09. The molecule has 0 aliphatic heterocycles. The van der Waals surface area contributed by atoms with Crippen LogP contribution < -0.4 is 0 Å². The van der Waals surface area contributed by atoms with Crippen LogP contribution in [0.2, 0.25) is 0 Å². The van der Waals surface area contributed by atoms with E-state index in [0.29, 0.717) is 6.54 Å². The van der Waals surface area contributed by atoms with Crippen molar-refractivity contribution >= 4 is 0 Å². The van der Waals surface area contributed by atoms with Gasteiger partial charge in [-0.3, -0.25) is 4.68 Å². The predicted octanol–water partition coefficient (Wildman–Crippen LogP) is 1.41. The standard InChI is InChI=1S/C10H16N2O/c1-8-6-9(2)12(11-8)7-10(13)4-3-5-10/h6,13H,3-5,7H2,1-2H3. The second-order valence-electron chi connectivity index (χ2n) is 4.16. The van der Waals surface area contributed by atoms with Gasteiger partial charge in [0, 0.05) is 5.69 Å². The highest BCUT2D eigenvalue weighted by molar-refractivity contribution is 5.07. The van der Waals surface area contributed by atoms with Crippen molar-refractivity contribution in [1.82, 2.24) is 9.78 Å². The van der Waals surface area contributed by atoms with Crippen LogP contribution in [0.3, 0.4) is 0 Å². The molecule has 1 aliphatic carbocycles. The summed E-state index contributed by atoms with van der Waals surface area (Å²) in [6.07, 6.45) is 2.99. The zero-order valence-electron chi connectivity index (χ0n) is 8.25. The fourth-order valence-corrected chi connectivity index (χ4v) is 1.86. The fourth-order valence-electron chi connectivity index (χ4n) is 1.86. The Kier molecular flexibility index (Phi) is 1.91. The summed E-state index contributed by atoms with van der Waals surface area (Å²) in [7, 11) is 0. The second-order valence-corrected chi connectivity index (χ2v) is 4.16. The number of hydrogen-bond acceptors (Lipinski definition) is 2. The average Bonchev–Trinajstić information content (AvgIpc) is 2.27. The van der Waals surface area contributed by atoms with E-state index in [-0.39, 0.29) is 0 Å². The van der Waals surface area contributed by atoms with Crippen LogP contribution in [-0.4, -0.2) is 20.5 Å². The van der Waals surface area contributed by atoms with Gasteiger partial charge in [0.05, 0.1) is 17.8 Å². The van der Waals surface area contributed by atoms with Gasteiger partial charge in [0.2, 0.25) is 0 Å². The third kappa shape index (κ3) is 1.61. The van der Waals surface area contributed by atoms with E-state index in [1.807, 2.05) is 24.6 Å². The lowest BCUT2D eigenvalue weighted by Crippen LogP contribution is -2.41. The molecule has 0 bridgehead atoms. The summed E-state index contributed by atoms with van der Waals surface area (Å²) in [6.45, 7) is 4.67. The van der Waals surface area contributed by atoms with Crippen LogP contribution in [0, 0.1) is 13.8 Å². The number of aliphatic hydroxyl groups is 1. The molecule has 0 atom stereocenters. The fraction of sp³-hybridized carbons (Fsp3) is 0.700. The maximum absolute atomic E-state index is 9.94. The summed E-state index contributed by atoms with van der Waals surface area (Å²) in [5.41, 5.74) is 1.70. The van der Waals surface area contributed by atoms with Gasteiger partial charge in [-0.15, -0.1) is 0 Å². The summed E-state index contributed by atoms with van der Waals surface area (Å²) < 4.78 is 1.91. The Morgan fingerprint density at radius 1 is 1.54 bits per heavy atom. The van der Waals surface area contributed by atoms with Crippen LogP contribution in [0.15, 0.2) is 6.07 Å². The van der Waals surface area contributed by atoms with Crippen molar-refractivity contribution in [2.24, 2.45) is 0 Å². The minimum absolute atomic E-state index is 0.469. The SMILES string of the molecule is Cc1cc(C)n(CC2(O)CCC2)n1. The molecule has 0 aromatic carbocycles. The third-order valence-corrected chi connectivity index (χ3v) is 2.83. The molecule has 1 aliphatic rings. The zero-order valence-corrected chi connectivity index (χ0v) is 8.25. The van der Waals surface area contributed by atoms with Crippen molar-refractivity contribution in [2.75, 3.05) is 0 Å². The number of hydrogen-bond donors (Lipinski definition) is 1. The van der Waals surface area contributed by atoms with Gasteiger partial charge in [0.25, 0.3) is 0 Å². The molecule has 0 unspecified atom stereocenters. The van der Waals surface area contributed by atoms with Gasteiger partial charge in [0.1, 0.15) is 0 Å². The van der Waals surface area contributed by atoms with Gasteiger partial charge in [0.15, 0.2) is 0 Å². The second kappa shape index (κ2) is 2.84. The van der Waals surface area contributed by atoms with Crippen molar-refractivity contribution in [3.05, 3.63) is 17.5 Å². The molecule has 1 N–H and O–H groups in total. The summed E-state index contributed by atoms with van der Waals surface area (Å²) in [5.74, 6) is 0. The zero-order chi connectivity index (χ0) is 9.47. The third-order valence-electron chi connectivity index (χ3n) is 2.83. The van der Waals surface area contributed by atoms with Gasteiger partial charge < -0.3 is 5.11 Å². The number of aromatic nitrogens is 2. The van der Waals surface area contributed by atoms with Crippen LogP contribution >= 0.6 is 0 Å².